The molecule has 0 fully saturated rings. The Morgan fingerprint density at radius 3 is 1.69 bits per heavy atom. The molecule has 156 valence electrons. The first-order chi connectivity index (χ1) is 15.5. The van der Waals surface area contributed by atoms with Crippen molar-refractivity contribution in [1.29, 1.82) is 0 Å². The Labute approximate surface area is 188 Å². The molecule has 1 heterocycles. The maximum absolute atomic E-state index is 13.2. The molecule has 0 bridgehead atoms. The summed E-state index contributed by atoms with van der Waals surface area (Å²) < 4.78 is 5.89. The van der Waals surface area contributed by atoms with Crippen LogP contribution in [-0.2, 0) is 4.74 Å². The Morgan fingerprint density at radius 1 is 0.656 bits per heavy atom. The van der Waals surface area contributed by atoms with Crippen LogP contribution in [0.4, 0.5) is 0 Å². The molecule has 0 saturated carbocycles. The number of hydrogen-bond acceptors (Lipinski definition) is 2. The van der Waals surface area contributed by atoms with E-state index in [0.29, 0.717) is 11.3 Å². The molecule has 0 amide bonds. The van der Waals surface area contributed by atoms with Crippen molar-refractivity contribution >= 4 is 17.8 Å². The Morgan fingerprint density at radius 2 is 1.16 bits per heavy atom. The number of carbonyl (C=O) groups excluding carboxylic acids is 1. The summed E-state index contributed by atoms with van der Waals surface area (Å²) in [4.78, 5) is 13.2. The molecule has 0 aromatic heterocycles. The van der Waals surface area contributed by atoms with Crippen LogP contribution in [0.5, 0.6) is 0 Å². The average Bonchev–Trinajstić information content (AvgIpc) is 3.14. The van der Waals surface area contributed by atoms with Crippen molar-refractivity contribution in [3.8, 4) is 22.3 Å². The van der Waals surface area contributed by atoms with E-state index >= 15 is 0 Å². The van der Waals surface area contributed by atoms with Crippen LogP contribution in [0.2, 0.25) is 0 Å². The molecule has 4 aromatic rings. The lowest BCUT2D eigenvalue weighted by atomic mass is 9.89. The minimum absolute atomic E-state index is 0.302. The van der Waals surface area contributed by atoms with E-state index < -0.39 is 0 Å². The second-order valence-electron chi connectivity index (χ2n) is 8.32. The highest BCUT2D eigenvalue weighted by Gasteiger charge is 2.32. The van der Waals surface area contributed by atoms with Gasteiger partial charge in [0.25, 0.3) is 0 Å². The number of aryl methyl sites for hydroxylation is 2. The van der Waals surface area contributed by atoms with Crippen LogP contribution in [0.1, 0.15) is 38.2 Å². The fraction of sp³-hybridized carbons (Fsp3) is 0.100. The van der Waals surface area contributed by atoms with Gasteiger partial charge in [0.15, 0.2) is 0 Å². The van der Waals surface area contributed by atoms with E-state index in [1.54, 1.807) is 0 Å². The van der Waals surface area contributed by atoms with Gasteiger partial charge in [-0.1, -0.05) is 84.9 Å². The van der Waals surface area contributed by atoms with Gasteiger partial charge in [0, 0.05) is 5.56 Å². The van der Waals surface area contributed by atoms with E-state index in [0.717, 1.165) is 33.4 Å². The highest BCUT2D eigenvalue weighted by molar-refractivity contribution is 6.13. The van der Waals surface area contributed by atoms with Crippen molar-refractivity contribution in [3.05, 3.63) is 118 Å². The fourth-order valence-electron chi connectivity index (χ4n) is 4.39. The molecule has 0 atom stereocenters. The number of benzene rings is 4. The summed E-state index contributed by atoms with van der Waals surface area (Å²) >= 11 is 0. The van der Waals surface area contributed by atoms with Crippen LogP contribution in [0.15, 0.2) is 84.9 Å². The third-order valence-corrected chi connectivity index (χ3v) is 6.28. The minimum atomic E-state index is -0.302. The first-order valence-corrected chi connectivity index (χ1v) is 10.8. The zero-order chi connectivity index (χ0) is 22.2. The highest BCUT2D eigenvalue weighted by Crippen LogP contribution is 2.43. The second-order valence-corrected chi connectivity index (χ2v) is 8.32. The standard InChI is InChI=1S/C30H24O2/c1-19-16-22(17-20(2)21(19)3)18-27-28-25(23-10-6-4-7-11-23)14-15-26(29(28)30(31)32-27)24-12-8-5-9-13-24/h4-18H,1-3H3/b27-18-. The highest BCUT2D eigenvalue weighted by atomic mass is 16.5. The molecule has 32 heavy (non-hydrogen) atoms. The fourth-order valence-corrected chi connectivity index (χ4v) is 4.39. The van der Waals surface area contributed by atoms with E-state index in [-0.39, 0.29) is 5.97 Å². The molecule has 0 spiro atoms. The van der Waals surface area contributed by atoms with Crippen LogP contribution in [0.3, 0.4) is 0 Å². The van der Waals surface area contributed by atoms with Crippen LogP contribution in [0, 0.1) is 20.8 Å². The van der Waals surface area contributed by atoms with E-state index in [2.05, 4.69) is 51.1 Å². The van der Waals surface area contributed by atoms with Gasteiger partial charge in [-0.3, -0.25) is 0 Å². The summed E-state index contributed by atoms with van der Waals surface area (Å²) in [6.45, 7) is 6.36. The van der Waals surface area contributed by atoms with Gasteiger partial charge in [-0.15, -0.1) is 0 Å². The molecule has 0 radical (unpaired) electrons. The largest absolute Gasteiger partial charge is 0.422 e. The summed E-state index contributed by atoms with van der Waals surface area (Å²) in [5.41, 5.74) is 10.2. The number of cyclic esters (lactones) is 1. The number of esters is 1. The van der Waals surface area contributed by atoms with E-state index in [1.165, 1.54) is 16.7 Å². The predicted octanol–water partition coefficient (Wildman–Crippen LogP) is 7.61. The number of hydrogen-bond donors (Lipinski definition) is 0. The second kappa shape index (κ2) is 7.97. The Kier molecular flexibility index (Phi) is 4.99. The Bertz CT molecular complexity index is 1340. The molecule has 0 N–H and O–H groups in total. The number of fused-ring (bicyclic) bond motifs is 1. The lowest BCUT2D eigenvalue weighted by Crippen LogP contribution is -1.98. The van der Waals surface area contributed by atoms with E-state index in [1.807, 2.05) is 60.7 Å². The van der Waals surface area contributed by atoms with E-state index in [9.17, 15) is 4.79 Å². The van der Waals surface area contributed by atoms with Crippen molar-refractivity contribution < 1.29 is 9.53 Å². The van der Waals surface area contributed by atoms with Gasteiger partial charge in [0.05, 0.1) is 5.56 Å². The summed E-state index contributed by atoms with van der Waals surface area (Å²) in [5.74, 6) is 0.299. The van der Waals surface area contributed by atoms with E-state index in [4.69, 9.17) is 4.74 Å². The first-order valence-electron chi connectivity index (χ1n) is 10.8. The van der Waals surface area contributed by atoms with Gasteiger partial charge < -0.3 is 4.74 Å². The normalized spacial score (nSPS) is 13.8. The predicted molar refractivity (Wildman–Crippen MR) is 131 cm³/mol. The Balaban J connectivity index is 1.77. The smallest absolute Gasteiger partial charge is 0.344 e. The van der Waals surface area contributed by atoms with Crippen LogP contribution >= 0.6 is 0 Å². The summed E-state index contributed by atoms with van der Waals surface area (Å²) in [5, 5.41) is 0. The molecule has 0 saturated heterocycles. The molecule has 0 unspecified atom stereocenters. The maximum Gasteiger partial charge on any atom is 0.344 e. The lowest BCUT2D eigenvalue weighted by Gasteiger charge is -2.12. The average molecular weight is 417 g/mol. The summed E-state index contributed by atoms with van der Waals surface area (Å²) in [7, 11) is 0. The van der Waals surface area contributed by atoms with Crippen LogP contribution in [0.25, 0.3) is 34.1 Å². The molecule has 1 aliphatic rings. The molecular weight excluding hydrogens is 392 g/mol. The molecule has 4 aromatic carbocycles. The summed E-state index contributed by atoms with van der Waals surface area (Å²) in [6.07, 6.45) is 1.99. The zero-order valence-corrected chi connectivity index (χ0v) is 18.5. The quantitative estimate of drug-likeness (QED) is 0.321. The molecule has 1 aliphatic heterocycles. The van der Waals surface area contributed by atoms with Gasteiger partial charge in [0.1, 0.15) is 5.76 Å². The molecule has 5 rings (SSSR count). The maximum atomic E-state index is 13.2. The van der Waals surface area contributed by atoms with Gasteiger partial charge in [-0.2, -0.15) is 0 Å². The molecule has 2 nitrogen and oxygen atoms in total. The zero-order valence-electron chi connectivity index (χ0n) is 18.5. The van der Waals surface area contributed by atoms with Gasteiger partial charge in [-0.25, -0.2) is 4.79 Å². The monoisotopic (exact) mass is 416 g/mol. The van der Waals surface area contributed by atoms with Crippen molar-refractivity contribution in [1.82, 2.24) is 0 Å². The van der Waals surface area contributed by atoms with Crippen molar-refractivity contribution in [2.24, 2.45) is 0 Å². The van der Waals surface area contributed by atoms with Crippen molar-refractivity contribution in [2.45, 2.75) is 20.8 Å². The van der Waals surface area contributed by atoms with Crippen LogP contribution in [-0.4, -0.2) is 5.97 Å². The first kappa shape index (κ1) is 20.0. The third-order valence-electron chi connectivity index (χ3n) is 6.28. The number of rotatable bonds is 3. The van der Waals surface area contributed by atoms with Crippen molar-refractivity contribution in [2.75, 3.05) is 0 Å². The minimum Gasteiger partial charge on any atom is -0.422 e. The third kappa shape index (κ3) is 3.44. The van der Waals surface area contributed by atoms with Gasteiger partial charge in [0.2, 0.25) is 0 Å². The lowest BCUT2D eigenvalue weighted by molar-refractivity contribution is 0.0718. The SMILES string of the molecule is Cc1cc(/C=C2\OC(=O)c3c(-c4ccccc4)ccc(-c4ccccc4)c32)cc(C)c1C. The molecular formula is C30H24O2. The van der Waals surface area contributed by atoms with Gasteiger partial charge in [-0.05, 0) is 71.4 Å². The van der Waals surface area contributed by atoms with Crippen LogP contribution < -0.4 is 0 Å². The Hall–Kier alpha value is -3.91. The topological polar surface area (TPSA) is 26.3 Å². The number of carbonyl (C=O) groups is 1. The molecule has 0 aliphatic carbocycles. The van der Waals surface area contributed by atoms with Crippen molar-refractivity contribution in [3.63, 3.8) is 0 Å². The summed E-state index contributed by atoms with van der Waals surface area (Å²) in [6, 6.07) is 28.6. The van der Waals surface area contributed by atoms with Gasteiger partial charge >= 0.3 is 5.97 Å². The number of ether oxygens (including phenoxy) is 1. The molecule has 2 heteroatoms.